The van der Waals surface area contributed by atoms with Gasteiger partial charge < -0.3 is 10.2 Å². The number of hydrogen-bond donors (Lipinski definition) is 1. The third kappa shape index (κ3) is 4.44. The van der Waals surface area contributed by atoms with E-state index in [2.05, 4.69) is 24.1 Å². The van der Waals surface area contributed by atoms with Gasteiger partial charge >= 0.3 is 0 Å². The van der Waals surface area contributed by atoms with Crippen LogP contribution in [0.2, 0.25) is 0 Å². The second-order valence-electron chi connectivity index (χ2n) is 5.74. The van der Waals surface area contributed by atoms with Crippen LogP contribution in [0.25, 0.3) is 0 Å². The Morgan fingerprint density at radius 3 is 2.50 bits per heavy atom. The van der Waals surface area contributed by atoms with E-state index in [0.717, 1.165) is 39.0 Å². The molecule has 0 spiro atoms. The molecule has 1 saturated heterocycles. The summed E-state index contributed by atoms with van der Waals surface area (Å²) in [4.78, 5) is 16.3. The Morgan fingerprint density at radius 1 is 1.27 bits per heavy atom. The van der Waals surface area contributed by atoms with Crippen molar-refractivity contribution in [1.29, 1.82) is 0 Å². The molecule has 1 aliphatic rings. The summed E-state index contributed by atoms with van der Waals surface area (Å²) >= 11 is 0. The van der Waals surface area contributed by atoms with Crippen molar-refractivity contribution >= 4 is 11.6 Å². The van der Waals surface area contributed by atoms with Crippen LogP contribution in [-0.4, -0.2) is 54.5 Å². The minimum Gasteiger partial charge on any atom is -0.380 e. The maximum Gasteiger partial charge on any atom is 0.236 e. The van der Waals surface area contributed by atoms with Crippen LogP contribution < -0.4 is 5.32 Å². The van der Waals surface area contributed by atoms with E-state index in [1.165, 1.54) is 6.07 Å². The molecule has 1 N–H and O–H groups in total. The molecule has 1 aromatic rings. The van der Waals surface area contributed by atoms with Gasteiger partial charge in [0.15, 0.2) is 0 Å². The number of para-hydroxylation sites is 1. The zero-order valence-corrected chi connectivity index (χ0v) is 13.5. The average molecular weight is 307 g/mol. The van der Waals surface area contributed by atoms with Crippen LogP contribution in [-0.2, 0) is 4.79 Å². The molecular formula is C17H26FN3O. The Kier molecular flexibility index (Phi) is 6.19. The van der Waals surface area contributed by atoms with Crippen LogP contribution in [0.5, 0.6) is 0 Å². The van der Waals surface area contributed by atoms with Crippen LogP contribution in [0.15, 0.2) is 24.3 Å². The van der Waals surface area contributed by atoms with E-state index < -0.39 is 0 Å². The molecule has 22 heavy (non-hydrogen) atoms. The van der Waals surface area contributed by atoms with Crippen LogP contribution in [0.1, 0.15) is 26.7 Å². The molecule has 1 aliphatic heterocycles. The summed E-state index contributed by atoms with van der Waals surface area (Å²) in [5.41, 5.74) is 0.551. The largest absolute Gasteiger partial charge is 0.380 e. The lowest BCUT2D eigenvalue weighted by Crippen LogP contribution is -2.46. The summed E-state index contributed by atoms with van der Waals surface area (Å²) in [5.74, 6) is -0.0180. The minimum absolute atomic E-state index is 0.202. The molecule has 5 heteroatoms. The number of likely N-dealkylation sites (tertiary alicyclic amines) is 1. The Labute approximate surface area is 132 Å². The molecule has 2 rings (SSSR count). The number of piperidine rings is 1. The average Bonchev–Trinajstić information content (AvgIpc) is 2.55. The molecule has 0 bridgehead atoms. The number of carbonyl (C=O) groups excluding carboxylic acids is 1. The third-order valence-corrected chi connectivity index (χ3v) is 4.33. The first-order valence-corrected chi connectivity index (χ1v) is 8.15. The Balaban J connectivity index is 1.80. The lowest BCUT2D eigenvalue weighted by Gasteiger charge is -2.34. The van der Waals surface area contributed by atoms with Crippen LogP contribution in [0.4, 0.5) is 10.1 Å². The number of amides is 1. The first kappa shape index (κ1) is 16.7. The first-order chi connectivity index (χ1) is 10.6. The Morgan fingerprint density at radius 2 is 1.91 bits per heavy atom. The second-order valence-corrected chi connectivity index (χ2v) is 5.74. The van der Waals surface area contributed by atoms with Gasteiger partial charge in [0, 0.05) is 19.1 Å². The number of hydrogen-bond acceptors (Lipinski definition) is 3. The topological polar surface area (TPSA) is 35.6 Å². The van der Waals surface area contributed by atoms with Gasteiger partial charge in [0.2, 0.25) is 5.91 Å². The van der Waals surface area contributed by atoms with E-state index >= 15 is 0 Å². The highest BCUT2D eigenvalue weighted by Gasteiger charge is 2.23. The maximum atomic E-state index is 13.6. The number of anilines is 1. The van der Waals surface area contributed by atoms with Crippen molar-refractivity contribution < 1.29 is 9.18 Å². The van der Waals surface area contributed by atoms with Gasteiger partial charge in [-0.3, -0.25) is 9.69 Å². The first-order valence-electron chi connectivity index (χ1n) is 8.15. The van der Waals surface area contributed by atoms with Crippen molar-refractivity contribution in [2.75, 3.05) is 38.0 Å². The number of halogens is 1. The summed E-state index contributed by atoms with van der Waals surface area (Å²) in [6.45, 7) is 7.92. The van der Waals surface area contributed by atoms with Crippen molar-refractivity contribution in [2.24, 2.45) is 0 Å². The van der Waals surface area contributed by atoms with Crippen molar-refractivity contribution in [1.82, 2.24) is 9.80 Å². The summed E-state index contributed by atoms with van der Waals surface area (Å²) in [7, 11) is 0. The van der Waals surface area contributed by atoms with Gasteiger partial charge in [0.05, 0.1) is 12.2 Å². The second kappa shape index (κ2) is 8.13. The molecular weight excluding hydrogens is 281 g/mol. The maximum absolute atomic E-state index is 13.6. The van der Waals surface area contributed by atoms with Crippen LogP contribution >= 0.6 is 0 Å². The standard InChI is InChI=1S/C17H26FN3O/c1-3-20(4-2)13-17(22)21-11-9-14(10-12-21)19-16-8-6-5-7-15(16)18/h5-8,14,19H,3-4,9-13H2,1-2H3. The third-order valence-electron chi connectivity index (χ3n) is 4.33. The fraction of sp³-hybridized carbons (Fsp3) is 0.588. The molecule has 1 aromatic carbocycles. The molecule has 0 atom stereocenters. The lowest BCUT2D eigenvalue weighted by atomic mass is 10.0. The predicted octanol–water partition coefficient (Wildman–Crippen LogP) is 2.57. The summed E-state index contributed by atoms with van der Waals surface area (Å²) < 4.78 is 13.6. The van der Waals surface area contributed by atoms with Crippen LogP contribution in [0.3, 0.4) is 0 Å². The van der Waals surface area contributed by atoms with Gasteiger partial charge in [-0.15, -0.1) is 0 Å². The monoisotopic (exact) mass is 307 g/mol. The number of carbonyl (C=O) groups is 1. The molecule has 0 aromatic heterocycles. The summed E-state index contributed by atoms with van der Waals surface area (Å²) in [6, 6.07) is 6.97. The molecule has 0 aliphatic carbocycles. The SMILES string of the molecule is CCN(CC)CC(=O)N1CCC(Nc2ccccc2F)CC1. The molecule has 0 unspecified atom stereocenters. The molecule has 1 heterocycles. The van der Waals surface area contributed by atoms with Gasteiger partial charge in [0.25, 0.3) is 0 Å². The molecule has 1 fully saturated rings. The highest BCUT2D eigenvalue weighted by molar-refractivity contribution is 5.78. The smallest absolute Gasteiger partial charge is 0.236 e. The number of rotatable bonds is 6. The van der Waals surface area contributed by atoms with E-state index in [9.17, 15) is 9.18 Å². The van der Waals surface area contributed by atoms with E-state index in [1.807, 2.05) is 11.0 Å². The van der Waals surface area contributed by atoms with Gasteiger partial charge in [-0.25, -0.2) is 4.39 Å². The highest BCUT2D eigenvalue weighted by Crippen LogP contribution is 2.19. The van der Waals surface area contributed by atoms with E-state index in [-0.39, 0.29) is 17.8 Å². The summed E-state index contributed by atoms with van der Waals surface area (Å²) in [5, 5.41) is 3.25. The number of likely N-dealkylation sites (N-methyl/N-ethyl adjacent to an activating group) is 1. The molecule has 122 valence electrons. The lowest BCUT2D eigenvalue weighted by molar-refractivity contribution is -0.133. The minimum atomic E-state index is -0.220. The van der Waals surface area contributed by atoms with Gasteiger partial charge in [-0.2, -0.15) is 0 Å². The van der Waals surface area contributed by atoms with E-state index in [1.54, 1.807) is 12.1 Å². The summed E-state index contributed by atoms with van der Waals surface area (Å²) in [6.07, 6.45) is 1.72. The normalized spacial score (nSPS) is 16.1. The zero-order chi connectivity index (χ0) is 15.9. The quantitative estimate of drug-likeness (QED) is 0.877. The molecule has 4 nitrogen and oxygen atoms in total. The van der Waals surface area contributed by atoms with Crippen molar-refractivity contribution in [3.8, 4) is 0 Å². The fourth-order valence-electron chi connectivity index (χ4n) is 2.81. The molecule has 0 radical (unpaired) electrons. The van der Waals surface area contributed by atoms with E-state index in [0.29, 0.717) is 12.2 Å². The number of nitrogens with zero attached hydrogens (tertiary/aromatic N) is 2. The van der Waals surface area contributed by atoms with Crippen molar-refractivity contribution in [3.05, 3.63) is 30.1 Å². The van der Waals surface area contributed by atoms with Crippen molar-refractivity contribution in [2.45, 2.75) is 32.7 Å². The Hall–Kier alpha value is -1.62. The fourth-order valence-corrected chi connectivity index (χ4v) is 2.81. The van der Waals surface area contributed by atoms with E-state index in [4.69, 9.17) is 0 Å². The number of nitrogens with one attached hydrogen (secondary N) is 1. The number of benzene rings is 1. The van der Waals surface area contributed by atoms with Crippen molar-refractivity contribution in [3.63, 3.8) is 0 Å². The van der Waals surface area contributed by atoms with Gasteiger partial charge in [0.1, 0.15) is 5.82 Å². The van der Waals surface area contributed by atoms with Crippen LogP contribution in [0, 0.1) is 5.82 Å². The predicted molar refractivity (Wildman–Crippen MR) is 87.4 cm³/mol. The van der Waals surface area contributed by atoms with Gasteiger partial charge in [-0.1, -0.05) is 26.0 Å². The Bertz CT molecular complexity index is 483. The highest BCUT2D eigenvalue weighted by atomic mass is 19.1. The van der Waals surface area contributed by atoms with Gasteiger partial charge in [-0.05, 0) is 38.1 Å². The molecule has 0 saturated carbocycles. The zero-order valence-electron chi connectivity index (χ0n) is 13.5. The molecule has 1 amide bonds.